The van der Waals surface area contributed by atoms with Crippen LogP contribution in [0.4, 0.5) is 0 Å². The normalized spacial score (nSPS) is 39.5. The first-order valence-electron chi connectivity index (χ1n) is 21.0. The fourth-order valence-corrected chi connectivity index (χ4v) is 13.4. The van der Waals surface area contributed by atoms with E-state index in [1.54, 1.807) is 12.2 Å². The summed E-state index contributed by atoms with van der Waals surface area (Å²) >= 11 is 6.26. The number of ketones is 4. The first-order chi connectivity index (χ1) is 29.1. The Labute approximate surface area is 380 Å². The summed E-state index contributed by atoms with van der Waals surface area (Å²) in [6.07, 6.45) is 6.45. The SMILES string of the molecule is CC(=O)OCC(=O)[C@@]1(O)CC[C@H]2[C@@H]3C[C@H](C)C4=CC(=O)C=C[C@]4(C)[C@H]3[C@@H](O)C[C@@]21C.CN(C)[C@@H]1C(O)=C(C(N)=O)C(=O)[C@@]2(O)C(O)=C3C(=O)c4c(O)ccc(Cl)c4[C@@](C)(O)[C@H]3C[C@@H]12.Cl. The number of likely N-dealkylation sites (N-methyl/N-ethyl adjacent to an activating group) is 1. The Morgan fingerprint density at radius 3 is 2.23 bits per heavy atom. The quantitative estimate of drug-likeness (QED) is 0.155. The second-order valence-corrected chi connectivity index (χ2v) is 19.8. The average Bonchev–Trinajstić information content (AvgIpc) is 3.45. The summed E-state index contributed by atoms with van der Waals surface area (Å²) in [4.78, 5) is 76.1. The average molecular weight is 932 g/mol. The molecule has 3 saturated carbocycles. The lowest BCUT2D eigenvalue weighted by atomic mass is 9.45. The molecule has 0 saturated heterocycles. The molecule has 0 heterocycles. The molecule has 0 unspecified atom stereocenters. The van der Waals surface area contributed by atoms with Crippen molar-refractivity contribution in [2.45, 2.75) is 95.7 Å². The zero-order valence-corrected chi connectivity index (χ0v) is 38.1. The number of carbonyl (C=O) groups excluding carboxylic acids is 6. The van der Waals surface area contributed by atoms with Gasteiger partial charge >= 0.3 is 5.97 Å². The summed E-state index contributed by atoms with van der Waals surface area (Å²) in [7, 11) is 3.03. The Hall–Kier alpha value is -4.42. The summed E-state index contributed by atoms with van der Waals surface area (Å²) in [5.74, 6) is -9.00. The Morgan fingerprint density at radius 2 is 1.64 bits per heavy atom. The largest absolute Gasteiger partial charge is 0.510 e. The maximum Gasteiger partial charge on any atom is 0.303 e. The van der Waals surface area contributed by atoms with E-state index in [4.69, 9.17) is 22.1 Å². The second-order valence-electron chi connectivity index (χ2n) is 19.4. The lowest BCUT2D eigenvalue weighted by Gasteiger charge is -2.60. The third-order valence-corrected chi connectivity index (χ3v) is 16.2. The number of fused-ring (bicyclic) bond motifs is 8. The van der Waals surface area contributed by atoms with Crippen LogP contribution in [0, 0.1) is 46.3 Å². The highest BCUT2D eigenvalue weighted by atomic mass is 35.5. The smallest absolute Gasteiger partial charge is 0.303 e. The van der Waals surface area contributed by atoms with Gasteiger partial charge in [-0.2, -0.15) is 0 Å². The molecule has 0 aliphatic heterocycles. The number of amides is 1. The van der Waals surface area contributed by atoms with E-state index in [9.17, 15) is 64.5 Å². The van der Waals surface area contributed by atoms with E-state index in [-0.39, 0.29) is 64.4 Å². The van der Waals surface area contributed by atoms with E-state index < -0.39 is 116 Å². The minimum Gasteiger partial charge on any atom is -0.510 e. The number of primary amides is 1. The van der Waals surface area contributed by atoms with Crippen LogP contribution in [-0.2, 0) is 34.3 Å². The molecule has 64 heavy (non-hydrogen) atoms. The van der Waals surface area contributed by atoms with Crippen LogP contribution in [0.5, 0.6) is 5.75 Å². The lowest BCUT2D eigenvalue weighted by molar-refractivity contribution is -0.182. The molecule has 8 rings (SSSR count). The summed E-state index contributed by atoms with van der Waals surface area (Å²) in [6.45, 7) is 8.28. The van der Waals surface area contributed by atoms with Crippen molar-refractivity contribution in [3.05, 3.63) is 74.7 Å². The van der Waals surface area contributed by atoms with Crippen LogP contribution in [0.15, 0.2) is 58.6 Å². The molecular weight excluding hydrogens is 875 g/mol. The molecule has 0 radical (unpaired) electrons. The Balaban J connectivity index is 0.000000210. The number of rotatable bonds is 5. The molecular formula is C46H56Cl2N2O14. The maximum absolute atomic E-state index is 13.4. The van der Waals surface area contributed by atoms with E-state index >= 15 is 0 Å². The Bertz CT molecular complexity index is 2390. The summed E-state index contributed by atoms with van der Waals surface area (Å²) in [5, 5.41) is 78.2. The number of nitrogens with two attached hydrogens (primary N) is 1. The minimum absolute atomic E-state index is 0. The van der Waals surface area contributed by atoms with Gasteiger partial charge in [0.15, 0.2) is 23.8 Å². The van der Waals surface area contributed by atoms with Crippen molar-refractivity contribution < 1.29 is 69.2 Å². The van der Waals surface area contributed by atoms with Crippen LogP contribution in [0.3, 0.4) is 0 Å². The van der Waals surface area contributed by atoms with Crippen LogP contribution in [-0.4, -0.2) is 120 Å². The number of hydrogen-bond donors (Lipinski definition) is 8. The highest BCUT2D eigenvalue weighted by molar-refractivity contribution is 6.33. The number of Topliss-reactive ketones (excluding diaryl/α,β-unsaturated/α-hetero) is 3. The van der Waals surface area contributed by atoms with Crippen LogP contribution in [0.25, 0.3) is 0 Å². The number of allylic oxidation sites excluding steroid dienone is 4. The van der Waals surface area contributed by atoms with E-state index in [0.29, 0.717) is 19.3 Å². The van der Waals surface area contributed by atoms with Gasteiger partial charge in [-0.3, -0.25) is 33.7 Å². The standard InChI is InChI=1S/C24H32O6.C22H23ClN2O8.ClH/c1-13-9-16-17-6-8-24(29,20(28)12-30-14(2)25)23(17,4)11-19(27)21(16)22(3)7-5-15(26)10-18(13)22;1-21(32)7-6-8-15(25(2)3)17(28)13(20(24)31)19(30)22(8,33)18(29)11(7)16(27)12-10(26)5-4-9(23)14(12)21;/h5,7,10,13,16-17,19,21,27,29H,6,8-9,11-12H2,1-4H3;4-5,7-8,15,26,28-29,32-33H,6H2,1-3H3,(H2,24,31);1H/t13-,16-,17-,19-,21+,22-,23-,24-;7-,8-,15-,21-,22-;/m00./s1. The molecule has 348 valence electrons. The van der Waals surface area contributed by atoms with Crippen molar-refractivity contribution in [2.75, 3.05) is 20.7 Å². The molecule has 9 N–H and O–H groups in total. The number of halogens is 2. The first kappa shape index (κ1) is 49.0. The van der Waals surface area contributed by atoms with Crippen molar-refractivity contribution in [2.24, 2.45) is 52.1 Å². The van der Waals surface area contributed by atoms with E-state index in [0.717, 1.165) is 18.1 Å². The fraction of sp³-hybridized carbons (Fsp3) is 0.565. The molecule has 7 aliphatic carbocycles. The zero-order chi connectivity index (χ0) is 46.8. The highest BCUT2D eigenvalue weighted by Gasteiger charge is 2.69. The molecule has 1 aromatic rings. The number of benzene rings is 1. The Kier molecular flexibility index (Phi) is 12.4. The van der Waals surface area contributed by atoms with Gasteiger partial charge in [-0.1, -0.05) is 44.0 Å². The fourth-order valence-electron chi connectivity index (χ4n) is 13.1. The van der Waals surface area contributed by atoms with E-state index in [1.807, 2.05) is 13.0 Å². The number of nitrogens with zero attached hydrogens (tertiary/aromatic N) is 1. The van der Waals surface area contributed by atoms with Crippen LogP contribution in [0.1, 0.15) is 82.6 Å². The number of aromatic hydroxyl groups is 1. The van der Waals surface area contributed by atoms with Gasteiger partial charge in [-0.15, -0.1) is 12.4 Å². The zero-order valence-electron chi connectivity index (χ0n) is 36.5. The number of phenolic OH excluding ortho intramolecular Hbond substituents is 1. The number of phenols is 1. The molecule has 13 atom stereocenters. The molecule has 0 aromatic heterocycles. The monoisotopic (exact) mass is 930 g/mol. The van der Waals surface area contributed by atoms with Gasteiger partial charge in [0.2, 0.25) is 11.6 Å². The third-order valence-electron chi connectivity index (χ3n) is 15.9. The summed E-state index contributed by atoms with van der Waals surface area (Å²) in [6, 6.07) is 1.30. The molecule has 7 aliphatic rings. The molecule has 1 aromatic carbocycles. The number of carbonyl (C=O) groups is 6. The first-order valence-corrected chi connectivity index (χ1v) is 21.4. The van der Waals surface area contributed by atoms with Crippen molar-refractivity contribution in [1.29, 1.82) is 0 Å². The van der Waals surface area contributed by atoms with Crippen LogP contribution in [0.2, 0.25) is 5.02 Å². The highest BCUT2D eigenvalue weighted by Crippen LogP contribution is 2.68. The topological polar surface area (TPSA) is 283 Å². The van der Waals surface area contributed by atoms with Crippen LogP contribution >= 0.6 is 24.0 Å². The van der Waals surface area contributed by atoms with E-state index in [2.05, 4.69) is 13.8 Å². The van der Waals surface area contributed by atoms with Gasteiger partial charge < -0.3 is 46.2 Å². The molecule has 1 amide bonds. The van der Waals surface area contributed by atoms with Gasteiger partial charge in [0, 0.05) is 51.7 Å². The van der Waals surface area contributed by atoms with Crippen LogP contribution < -0.4 is 5.73 Å². The molecule has 0 spiro atoms. The number of ether oxygens (including phenoxy) is 1. The number of hydrogen-bond acceptors (Lipinski definition) is 15. The molecule has 16 nitrogen and oxygen atoms in total. The molecule has 18 heteroatoms. The minimum atomic E-state index is -2.78. The van der Waals surface area contributed by atoms with Crippen molar-refractivity contribution in [3.63, 3.8) is 0 Å². The van der Waals surface area contributed by atoms with E-state index in [1.165, 1.54) is 38.9 Å². The Morgan fingerprint density at radius 1 is 1.00 bits per heavy atom. The van der Waals surface area contributed by atoms with Gasteiger partial charge in [0.05, 0.1) is 23.3 Å². The van der Waals surface area contributed by atoms with Gasteiger partial charge in [-0.25, -0.2) is 0 Å². The molecule has 3 fully saturated rings. The predicted molar refractivity (Wildman–Crippen MR) is 231 cm³/mol. The lowest BCUT2D eigenvalue weighted by Crippen LogP contribution is -2.65. The summed E-state index contributed by atoms with van der Waals surface area (Å²) < 4.78 is 4.89. The van der Waals surface area contributed by atoms with Crippen molar-refractivity contribution in [1.82, 2.24) is 4.90 Å². The van der Waals surface area contributed by atoms with Gasteiger partial charge in [0.25, 0.3) is 5.91 Å². The third kappa shape index (κ3) is 6.72. The number of aliphatic hydroxyl groups excluding tert-OH is 3. The summed E-state index contributed by atoms with van der Waals surface area (Å²) in [5.41, 5.74) is -2.93. The predicted octanol–water partition coefficient (Wildman–Crippen LogP) is 3.24. The maximum atomic E-state index is 13.4. The molecule has 0 bridgehead atoms. The van der Waals surface area contributed by atoms with Crippen molar-refractivity contribution >= 4 is 59.0 Å². The van der Waals surface area contributed by atoms with Crippen molar-refractivity contribution in [3.8, 4) is 5.75 Å². The number of aliphatic hydroxyl groups is 6. The number of esters is 1. The van der Waals surface area contributed by atoms with Gasteiger partial charge in [0.1, 0.15) is 28.4 Å². The second kappa shape index (κ2) is 16.2. The van der Waals surface area contributed by atoms with Gasteiger partial charge in [-0.05, 0) is 95.2 Å².